The third-order valence-corrected chi connectivity index (χ3v) is 6.48. The van der Waals surface area contributed by atoms with Gasteiger partial charge in [-0.15, -0.1) is 11.3 Å². The zero-order valence-corrected chi connectivity index (χ0v) is 15.7. The van der Waals surface area contributed by atoms with Crippen LogP contribution in [0.1, 0.15) is 5.56 Å². The molecule has 0 unspecified atom stereocenters. The highest BCUT2D eigenvalue weighted by Gasteiger charge is 2.28. The molecule has 0 radical (unpaired) electrons. The summed E-state index contributed by atoms with van der Waals surface area (Å²) in [5.41, 5.74) is 1.70. The van der Waals surface area contributed by atoms with Gasteiger partial charge in [-0.3, -0.25) is 0 Å². The minimum absolute atomic E-state index is 0.0304. The van der Waals surface area contributed by atoms with Crippen molar-refractivity contribution in [2.75, 3.05) is 4.31 Å². The molecule has 4 rings (SSSR count). The van der Waals surface area contributed by atoms with E-state index in [0.717, 1.165) is 16.1 Å². The van der Waals surface area contributed by atoms with Crippen LogP contribution in [0.3, 0.4) is 0 Å². The van der Waals surface area contributed by atoms with E-state index in [4.69, 9.17) is 4.42 Å². The summed E-state index contributed by atoms with van der Waals surface area (Å²) in [5.74, 6) is 0. The monoisotopic (exact) mass is 397 g/mol. The van der Waals surface area contributed by atoms with Gasteiger partial charge in [0.05, 0.1) is 17.6 Å². The fourth-order valence-electron chi connectivity index (χ4n) is 2.61. The highest BCUT2D eigenvalue weighted by atomic mass is 32.2. The Bertz CT molecular complexity index is 1090. The van der Waals surface area contributed by atoms with Crippen LogP contribution in [-0.2, 0) is 16.6 Å². The molecule has 0 fully saturated rings. The standard InChI is InChI=1S/C19H15N3O3S2/c23-27(24,17-8-6-16(7-9-17)18-20-11-13-26-18)22(19-21-10-12-25-19)14-15-4-2-1-3-5-15/h1-13H,14H2. The predicted molar refractivity (Wildman–Crippen MR) is 104 cm³/mol. The van der Waals surface area contributed by atoms with Crippen molar-refractivity contribution >= 4 is 27.4 Å². The summed E-state index contributed by atoms with van der Waals surface area (Å²) >= 11 is 1.50. The summed E-state index contributed by atoms with van der Waals surface area (Å²) in [7, 11) is -3.85. The van der Waals surface area contributed by atoms with Crippen LogP contribution in [0.25, 0.3) is 10.6 Å². The Morgan fingerprint density at radius 2 is 1.74 bits per heavy atom. The van der Waals surface area contributed by atoms with Gasteiger partial charge in [-0.25, -0.2) is 22.7 Å². The maximum Gasteiger partial charge on any atom is 0.311 e. The van der Waals surface area contributed by atoms with Crippen LogP contribution in [0, 0.1) is 0 Å². The van der Waals surface area contributed by atoms with E-state index in [1.807, 2.05) is 35.7 Å². The van der Waals surface area contributed by atoms with E-state index >= 15 is 0 Å². The highest BCUT2D eigenvalue weighted by molar-refractivity contribution is 7.92. The fraction of sp³-hybridized carbons (Fsp3) is 0.0526. The Morgan fingerprint density at radius 3 is 2.37 bits per heavy atom. The zero-order valence-electron chi connectivity index (χ0n) is 14.1. The van der Waals surface area contributed by atoms with Crippen molar-refractivity contribution in [1.82, 2.24) is 9.97 Å². The third-order valence-electron chi connectivity index (χ3n) is 3.92. The molecule has 0 saturated carbocycles. The van der Waals surface area contributed by atoms with Crippen molar-refractivity contribution in [3.8, 4) is 10.6 Å². The average molecular weight is 397 g/mol. The zero-order chi connectivity index (χ0) is 18.7. The normalized spacial score (nSPS) is 11.4. The second-order valence-electron chi connectivity index (χ2n) is 5.67. The smallest absolute Gasteiger partial charge is 0.311 e. The molecular weight excluding hydrogens is 382 g/mol. The number of oxazole rings is 1. The van der Waals surface area contributed by atoms with Crippen LogP contribution in [0.5, 0.6) is 0 Å². The molecule has 0 aliphatic heterocycles. The van der Waals surface area contributed by atoms with Gasteiger partial charge in [0, 0.05) is 17.1 Å². The maximum atomic E-state index is 13.2. The molecule has 2 aromatic carbocycles. The first-order valence-electron chi connectivity index (χ1n) is 8.11. The Hall–Kier alpha value is -2.97. The summed E-state index contributed by atoms with van der Waals surface area (Å²) in [6.07, 6.45) is 4.50. The average Bonchev–Trinajstić information content (AvgIpc) is 3.41. The number of thiazole rings is 1. The van der Waals surface area contributed by atoms with Crippen molar-refractivity contribution in [2.24, 2.45) is 0 Å². The van der Waals surface area contributed by atoms with Crippen LogP contribution in [0.15, 0.2) is 87.9 Å². The highest BCUT2D eigenvalue weighted by Crippen LogP contribution is 2.27. The number of hydrogen-bond acceptors (Lipinski definition) is 6. The molecule has 0 aliphatic rings. The molecule has 2 aromatic heterocycles. The molecule has 0 spiro atoms. The van der Waals surface area contributed by atoms with Gasteiger partial charge in [0.15, 0.2) is 0 Å². The summed E-state index contributed by atoms with van der Waals surface area (Å²) in [6, 6.07) is 16.0. The number of aromatic nitrogens is 2. The van der Waals surface area contributed by atoms with Crippen LogP contribution < -0.4 is 4.31 Å². The Morgan fingerprint density at radius 1 is 0.963 bits per heavy atom. The Kier molecular flexibility index (Phi) is 4.74. The van der Waals surface area contributed by atoms with E-state index in [9.17, 15) is 8.42 Å². The quantitative estimate of drug-likeness (QED) is 0.487. The molecule has 8 heteroatoms. The van der Waals surface area contributed by atoms with Gasteiger partial charge in [0.1, 0.15) is 11.3 Å². The number of nitrogens with zero attached hydrogens (tertiary/aromatic N) is 3. The molecule has 0 aliphatic carbocycles. The van der Waals surface area contributed by atoms with Gasteiger partial charge in [-0.1, -0.05) is 42.5 Å². The molecule has 0 bridgehead atoms. The van der Waals surface area contributed by atoms with Gasteiger partial charge in [0.25, 0.3) is 10.0 Å². The van der Waals surface area contributed by atoms with Crippen molar-refractivity contribution < 1.29 is 12.8 Å². The maximum absolute atomic E-state index is 13.2. The molecule has 0 atom stereocenters. The lowest BCUT2D eigenvalue weighted by atomic mass is 10.2. The van der Waals surface area contributed by atoms with Crippen molar-refractivity contribution in [1.29, 1.82) is 0 Å². The van der Waals surface area contributed by atoms with Crippen LogP contribution in [0.2, 0.25) is 0 Å². The van der Waals surface area contributed by atoms with E-state index in [1.54, 1.807) is 30.5 Å². The van der Waals surface area contributed by atoms with E-state index in [-0.39, 0.29) is 17.5 Å². The molecule has 0 amide bonds. The predicted octanol–water partition coefficient (Wildman–Crippen LogP) is 4.19. The molecule has 2 heterocycles. The largest absolute Gasteiger partial charge is 0.431 e. The third kappa shape index (κ3) is 3.62. The van der Waals surface area contributed by atoms with Crippen LogP contribution in [0.4, 0.5) is 6.01 Å². The first kappa shape index (κ1) is 17.4. The molecule has 136 valence electrons. The molecule has 27 heavy (non-hydrogen) atoms. The van der Waals surface area contributed by atoms with Gasteiger partial charge in [-0.05, 0) is 17.7 Å². The number of hydrogen-bond donors (Lipinski definition) is 0. The molecule has 0 saturated heterocycles. The lowest BCUT2D eigenvalue weighted by Gasteiger charge is -2.20. The number of sulfonamides is 1. The number of benzene rings is 2. The first-order chi connectivity index (χ1) is 13.1. The van der Waals surface area contributed by atoms with E-state index in [1.165, 1.54) is 28.1 Å². The lowest BCUT2D eigenvalue weighted by Crippen LogP contribution is -2.30. The van der Waals surface area contributed by atoms with Gasteiger partial charge >= 0.3 is 6.01 Å². The van der Waals surface area contributed by atoms with E-state index in [0.29, 0.717) is 0 Å². The molecule has 0 N–H and O–H groups in total. The van der Waals surface area contributed by atoms with Gasteiger partial charge in [0.2, 0.25) is 0 Å². The second kappa shape index (κ2) is 7.34. The van der Waals surface area contributed by atoms with Crippen molar-refractivity contribution in [3.05, 3.63) is 84.2 Å². The van der Waals surface area contributed by atoms with Gasteiger partial charge in [-0.2, -0.15) is 0 Å². The Balaban J connectivity index is 1.70. The molecular formula is C19H15N3O3S2. The summed E-state index contributed by atoms with van der Waals surface area (Å²) in [6.45, 7) is 0.123. The second-order valence-corrected chi connectivity index (χ2v) is 8.43. The van der Waals surface area contributed by atoms with Crippen LogP contribution >= 0.6 is 11.3 Å². The van der Waals surface area contributed by atoms with E-state index in [2.05, 4.69) is 9.97 Å². The SMILES string of the molecule is O=S(=O)(c1ccc(-c2nccs2)cc1)N(Cc1ccccc1)c1ncco1. The topological polar surface area (TPSA) is 76.3 Å². The summed E-state index contributed by atoms with van der Waals surface area (Å²) in [5, 5.41) is 2.72. The first-order valence-corrected chi connectivity index (χ1v) is 10.4. The van der Waals surface area contributed by atoms with Crippen LogP contribution in [-0.4, -0.2) is 18.4 Å². The summed E-state index contributed by atoms with van der Waals surface area (Å²) < 4.78 is 32.9. The van der Waals surface area contributed by atoms with Crippen molar-refractivity contribution in [3.63, 3.8) is 0 Å². The molecule has 4 aromatic rings. The number of rotatable bonds is 6. The minimum Gasteiger partial charge on any atom is -0.431 e. The molecule has 6 nitrogen and oxygen atoms in total. The summed E-state index contributed by atoms with van der Waals surface area (Å²) in [4.78, 5) is 8.44. The van der Waals surface area contributed by atoms with Gasteiger partial charge < -0.3 is 4.42 Å². The lowest BCUT2D eigenvalue weighted by molar-refractivity contribution is 0.542. The van der Waals surface area contributed by atoms with E-state index < -0.39 is 10.0 Å². The van der Waals surface area contributed by atoms with Crippen molar-refractivity contribution in [2.45, 2.75) is 11.4 Å². The fourth-order valence-corrected chi connectivity index (χ4v) is 4.60. The number of anilines is 1. The Labute approximate surface area is 160 Å². The minimum atomic E-state index is -3.85.